The third kappa shape index (κ3) is 4.89. The Morgan fingerprint density at radius 2 is 1.81 bits per heavy atom. The number of benzene rings is 1. The van der Waals surface area contributed by atoms with Crippen LogP contribution in [0.1, 0.15) is 48.4 Å². The van der Waals surface area contributed by atoms with Crippen LogP contribution in [0.5, 0.6) is 11.5 Å². The Bertz CT molecular complexity index is 1210. The molecule has 7 nitrogen and oxygen atoms in total. The van der Waals surface area contributed by atoms with Crippen molar-refractivity contribution >= 4 is 20.0 Å². The standard InChI is InChI=1S/C25H27F3N2O5Si/c1-24(2,3)36(4,5)35-22-17(31)10-11-30(21(22)15-6-8-18-19(12-15)34-14-33-18)23(32)16-7-9-20(29-13-16)25(26,27)28/h6-13,21-22H,14H2,1-5H3/t21-,22+/m1/s1. The van der Waals surface area contributed by atoms with E-state index in [9.17, 15) is 22.8 Å². The van der Waals surface area contributed by atoms with Gasteiger partial charge >= 0.3 is 6.18 Å². The Morgan fingerprint density at radius 1 is 1.11 bits per heavy atom. The van der Waals surface area contributed by atoms with Crippen LogP contribution in [-0.2, 0) is 15.4 Å². The molecule has 0 spiro atoms. The Kier molecular flexibility index (Phi) is 6.50. The number of hydrogen-bond acceptors (Lipinski definition) is 6. The predicted molar refractivity (Wildman–Crippen MR) is 127 cm³/mol. The van der Waals surface area contributed by atoms with Crippen molar-refractivity contribution in [1.29, 1.82) is 0 Å². The molecule has 2 aromatic rings. The average Bonchev–Trinajstić information content (AvgIpc) is 3.26. The third-order valence-corrected chi connectivity index (χ3v) is 11.2. The summed E-state index contributed by atoms with van der Waals surface area (Å²) in [5.41, 5.74) is -0.595. The molecule has 0 unspecified atom stereocenters. The fourth-order valence-electron chi connectivity index (χ4n) is 3.72. The summed E-state index contributed by atoms with van der Waals surface area (Å²) in [6, 6.07) is 6.03. The summed E-state index contributed by atoms with van der Waals surface area (Å²) < 4.78 is 56.3. The Labute approximate surface area is 208 Å². The Balaban J connectivity index is 1.77. The van der Waals surface area contributed by atoms with E-state index in [-0.39, 0.29) is 23.2 Å². The fraction of sp³-hybridized carbons (Fsp3) is 0.400. The number of hydrogen-bond donors (Lipinski definition) is 0. The van der Waals surface area contributed by atoms with E-state index in [0.717, 1.165) is 18.3 Å². The lowest BCUT2D eigenvalue weighted by Gasteiger charge is -2.44. The van der Waals surface area contributed by atoms with Gasteiger partial charge in [0.2, 0.25) is 6.79 Å². The number of ketones is 1. The molecule has 0 fully saturated rings. The van der Waals surface area contributed by atoms with Gasteiger partial charge in [0.25, 0.3) is 5.91 Å². The summed E-state index contributed by atoms with van der Waals surface area (Å²) in [6.07, 6.45) is -2.17. The molecule has 0 saturated carbocycles. The highest BCUT2D eigenvalue weighted by Gasteiger charge is 2.46. The molecule has 2 aliphatic heterocycles. The molecule has 1 aromatic carbocycles. The fourth-order valence-corrected chi connectivity index (χ4v) is 4.96. The van der Waals surface area contributed by atoms with Gasteiger partial charge in [-0.1, -0.05) is 26.8 Å². The van der Waals surface area contributed by atoms with Gasteiger partial charge in [0, 0.05) is 18.5 Å². The molecular formula is C25H27F3N2O5Si. The number of rotatable bonds is 4. The molecule has 1 amide bonds. The van der Waals surface area contributed by atoms with E-state index in [1.165, 1.54) is 17.2 Å². The molecule has 3 heterocycles. The summed E-state index contributed by atoms with van der Waals surface area (Å²) in [7, 11) is -2.49. The van der Waals surface area contributed by atoms with Crippen molar-refractivity contribution in [2.45, 2.75) is 57.2 Å². The normalized spacial score (nSPS) is 20.1. The number of ether oxygens (including phenoxy) is 2. The van der Waals surface area contributed by atoms with E-state index in [4.69, 9.17) is 13.9 Å². The maximum Gasteiger partial charge on any atom is 0.433 e. The number of aromatic nitrogens is 1. The maximum absolute atomic E-state index is 13.5. The van der Waals surface area contributed by atoms with E-state index >= 15 is 0 Å². The topological polar surface area (TPSA) is 78.0 Å². The average molecular weight is 521 g/mol. The Hall–Kier alpha value is -3.18. The first-order chi connectivity index (χ1) is 16.7. The van der Waals surface area contributed by atoms with E-state index in [0.29, 0.717) is 17.1 Å². The summed E-state index contributed by atoms with van der Waals surface area (Å²) in [5, 5.41) is -0.222. The molecular weight excluding hydrogens is 493 g/mol. The molecule has 1 aromatic heterocycles. The van der Waals surface area contributed by atoms with Gasteiger partial charge in [0.1, 0.15) is 11.8 Å². The molecule has 11 heteroatoms. The summed E-state index contributed by atoms with van der Waals surface area (Å²) >= 11 is 0. The maximum atomic E-state index is 13.5. The molecule has 2 aliphatic rings. The van der Waals surface area contributed by atoms with Crippen LogP contribution >= 0.6 is 0 Å². The highest BCUT2D eigenvalue weighted by Crippen LogP contribution is 2.43. The van der Waals surface area contributed by atoms with Gasteiger partial charge in [0.05, 0.1) is 11.6 Å². The number of pyridine rings is 1. The molecule has 0 aliphatic carbocycles. The molecule has 0 N–H and O–H groups in total. The lowest BCUT2D eigenvalue weighted by Crippen LogP contribution is -2.52. The van der Waals surface area contributed by atoms with Crippen LogP contribution in [0, 0.1) is 0 Å². The highest BCUT2D eigenvalue weighted by molar-refractivity contribution is 6.74. The first-order valence-electron chi connectivity index (χ1n) is 11.3. The van der Waals surface area contributed by atoms with Crippen molar-refractivity contribution in [1.82, 2.24) is 9.88 Å². The smallest absolute Gasteiger partial charge is 0.433 e. The van der Waals surface area contributed by atoms with Crippen molar-refractivity contribution < 1.29 is 36.7 Å². The molecule has 36 heavy (non-hydrogen) atoms. The quantitative estimate of drug-likeness (QED) is 0.496. The van der Waals surface area contributed by atoms with Crippen LogP contribution in [0.3, 0.4) is 0 Å². The van der Waals surface area contributed by atoms with Gasteiger partial charge in [-0.05, 0) is 48.0 Å². The number of carbonyl (C=O) groups excluding carboxylic acids is 2. The molecule has 4 rings (SSSR count). The van der Waals surface area contributed by atoms with Crippen LogP contribution in [0.2, 0.25) is 18.1 Å². The summed E-state index contributed by atoms with van der Waals surface area (Å²) in [5.74, 6) is 0.0656. The molecule has 0 saturated heterocycles. The number of fused-ring (bicyclic) bond motifs is 1. The second kappa shape index (κ2) is 9.04. The SMILES string of the molecule is CC(C)(C)[Si](C)(C)O[C@H]1C(=O)C=CN(C(=O)c2ccc(C(F)(F)F)nc2)[C@@H]1c1ccc2c(c1)OCO2. The first-order valence-corrected chi connectivity index (χ1v) is 14.3. The van der Waals surface area contributed by atoms with Crippen molar-refractivity contribution in [3.8, 4) is 11.5 Å². The molecule has 192 valence electrons. The number of nitrogens with zero attached hydrogens (tertiary/aromatic N) is 2. The van der Waals surface area contributed by atoms with Gasteiger partial charge in [-0.3, -0.25) is 14.6 Å². The van der Waals surface area contributed by atoms with Crippen LogP contribution in [0.4, 0.5) is 13.2 Å². The summed E-state index contributed by atoms with van der Waals surface area (Å²) in [6.45, 7) is 10.2. The van der Waals surface area contributed by atoms with Crippen LogP contribution in [0.15, 0.2) is 48.8 Å². The molecule has 0 bridgehead atoms. The minimum absolute atomic E-state index is 0.0477. The monoisotopic (exact) mass is 520 g/mol. The number of carbonyl (C=O) groups is 2. The van der Waals surface area contributed by atoms with Crippen LogP contribution < -0.4 is 9.47 Å². The lowest BCUT2D eigenvalue weighted by molar-refractivity contribution is -0.141. The largest absolute Gasteiger partial charge is 0.454 e. The van der Waals surface area contributed by atoms with E-state index in [2.05, 4.69) is 4.98 Å². The molecule has 2 atom stereocenters. The second-order valence-electron chi connectivity index (χ2n) is 10.2. The predicted octanol–water partition coefficient (Wildman–Crippen LogP) is 5.50. The molecule has 0 radical (unpaired) electrons. The van der Waals surface area contributed by atoms with Crippen molar-refractivity contribution in [2.24, 2.45) is 0 Å². The summed E-state index contributed by atoms with van der Waals surface area (Å²) in [4.78, 5) is 31.4. The van der Waals surface area contributed by atoms with Gasteiger partial charge < -0.3 is 18.8 Å². The minimum atomic E-state index is -4.63. The zero-order chi connectivity index (χ0) is 26.5. The van der Waals surface area contributed by atoms with Crippen molar-refractivity contribution in [3.63, 3.8) is 0 Å². The lowest BCUT2D eigenvalue weighted by atomic mass is 9.93. The van der Waals surface area contributed by atoms with Crippen LogP contribution in [-0.4, -0.2) is 42.8 Å². The second-order valence-corrected chi connectivity index (χ2v) is 15.0. The van der Waals surface area contributed by atoms with Gasteiger partial charge in [-0.2, -0.15) is 13.2 Å². The number of alkyl halides is 3. The third-order valence-electron chi connectivity index (χ3n) is 6.77. The van der Waals surface area contributed by atoms with E-state index in [1.54, 1.807) is 18.2 Å². The zero-order valence-corrected chi connectivity index (χ0v) is 21.6. The van der Waals surface area contributed by atoms with Crippen LogP contribution in [0.25, 0.3) is 0 Å². The number of amides is 1. The highest BCUT2D eigenvalue weighted by atomic mass is 28.4. The van der Waals surface area contributed by atoms with Gasteiger partial charge in [0.15, 0.2) is 25.6 Å². The zero-order valence-electron chi connectivity index (χ0n) is 20.6. The van der Waals surface area contributed by atoms with Crippen molar-refractivity contribution in [3.05, 3.63) is 65.6 Å². The van der Waals surface area contributed by atoms with Gasteiger partial charge in [-0.15, -0.1) is 0 Å². The van der Waals surface area contributed by atoms with Gasteiger partial charge in [-0.25, -0.2) is 0 Å². The first kappa shape index (κ1) is 25.9. The Morgan fingerprint density at radius 3 is 2.42 bits per heavy atom. The number of halogens is 3. The van der Waals surface area contributed by atoms with E-state index < -0.39 is 38.2 Å². The minimum Gasteiger partial charge on any atom is -0.454 e. The van der Waals surface area contributed by atoms with E-state index in [1.807, 2.05) is 33.9 Å². The van der Waals surface area contributed by atoms with Crippen molar-refractivity contribution in [2.75, 3.05) is 6.79 Å².